The van der Waals surface area contributed by atoms with E-state index in [9.17, 15) is 23.9 Å². The van der Waals surface area contributed by atoms with Crippen molar-refractivity contribution in [3.63, 3.8) is 0 Å². The average molecular weight is 515 g/mol. The molecule has 1 unspecified atom stereocenters. The number of hydrogen-bond donors (Lipinski definition) is 4. The van der Waals surface area contributed by atoms with Crippen molar-refractivity contribution < 1.29 is 23.9 Å². The zero-order chi connectivity index (χ0) is 27.7. The highest BCUT2D eigenvalue weighted by molar-refractivity contribution is 6.34. The normalized spacial score (nSPS) is 15.7. The van der Waals surface area contributed by atoms with E-state index in [1.165, 1.54) is 24.6 Å². The Morgan fingerprint density at radius 1 is 1.19 bits per heavy atom. The number of aliphatic hydroxyl groups excluding tert-OH is 1. The van der Waals surface area contributed by atoms with Crippen molar-refractivity contribution in [1.82, 2.24) is 15.2 Å². The lowest BCUT2D eigenvalue weighted by Gasteiger charge is -2.19. The zero-order valence-electron chi connectivity index (χ0n) is 22.6. The smallest absolute Gasteiger partial charge is 0.256 e. The largest absolute Gasteiger partial charge is 0.381 e. The van der Waals surface area contributed by atoms with Crippen LogP contribution in [0.5, 0.6) is 0 Å². The van der Waals surface area contributed by atoms with Crippen LogP contribution >= 0.6 is 0 Å². The van der Waals surface area contributed by atoms with Crippen LogP contribution in [0.2, 0.25) is 0 Å². The lowest BCUT2D eigenvalue weighted by molar-refractivity contribution is -0.138. The summed E-state index contributed by atoms with van der Waals surface area (Å²) in [6.45, 7) is 12.8. The number of nitrogens with zero attached hydrogens (tertiary/aromatic N) is 1. The number of benzene rings is 1. The fraction of sp³-hybridized carbons (Fsp3) is 0.464. The number of fused-ring (bicyclic) bond motifs is 1. The Kier molecular flexibility index (Phi) is 11.1. The van der Waals surface area contributed by atoms with Crippen LogP contribution in [-0.2, 0) is 9.59 Å². The predicted molar refractivity (Wildman–Crippen MR) is 145 cm³/mol. The Morgan fingerprint density at radius 2 is 1.81 bits per heavy atom. The van der Waals surface area contributed by atoms with Crippen molar-refractivity contribution in [2.24, 2.45) is 0 Å². The fourth-order valence-electron chi connectivity index (χ4n) is 4.22. The molecule has 9 heteroatoms. The number of nitrogens with one attached hydrogen (secondary N) is 3. The number of halogens is 1. The van der Waals surface area contributed by atoms with E-state index >= 15 is 0 Å². The molecule has 1 aromatic carbocycles. The summed E-state index contributed by atoms with van der Waals surface area (Å²) in [6.07, 6.45) is 3.37. The maximum atomic E-state index is 13.7. The topological polar surface area (TPSA) is 115 Å². The molecule has 0 radical (unpaired) electrons. The number of rotatable bonds is 5. The van der Waals surface area contributed by atoms with E-state index in [1.807, 2.05) is 13.8 Å². The highest BCUT2D eigenvalue weighted by Gasteiger charge is 2.28. The predicted octanol–water partition coefficient (Wildman–Crippen LogP) is 4.42. The summed E-state index contributed by atoms with van der Waals surface area (Å²) < 4.78 is 13.7. The van der Waals surface area contributed by atoms with Crippen LogP contribution in [-0.4, -0.2) is 58.5 Å². The van der Waals surface area contributed by atoms with E-state index in [1.54, 1.807) is 24.8 Å². The fourth-order valence-corrected chi connectivity index (χ4v) is 4.22. The molecule has 202 valence electrons. The molecule has 4 rings (SSSR count). The van der Waals surface area contributed by atoms with E-state index in [0.717, 1.165) is 12.8 Å². The molecule has 1 aromatic heterocycles. The van der Waals surface area contributed by atoms with Gasteiger partial charge in [0.2, 0.25) is 0 Å². The van der Waals surface area contributed by atoms with E-state index in [-0.39, 0.29) is 18.4 Å². The Morgan fingerprint density at radius 3 is 2.43 bits per heavy atom. The molecule has 0 bridgehead atoms. The molecule has 0 saturated carbocycles. The number of aromatic nitrogens is 1. The summed E-state index contributed by atoms with van der Waals surface area (Å²) in [5.74, 6) is -1.62. The average Bonchev–Trinajstić information content (AvgIpc) is 3.58. The quantitative estimate of drug-likeness (QED) is 0.442. The number of hydrogen-bond acceptors (Lipinski definition) is 4. The Hall–Kier alpha value is -3.46. The molecule has 2 aliphatic heterocycles. The molecule has 37 heavy (non-hydrogen) atoms. The second-order valence-corrected chi connectivity index (χ2v) is 8.83. The van der Waals surface area contributed by atoms with Crippen LogP contribution < -0.4 is 10.6 Å². The molecular formula is C28H39FN4O4. The minimum Gasteiger partial charge on any atom is -0.381 e. The molecule has 1 atom stereocenters. The third-order valence-electron chi connectivity index (χ3n) is 5.92. The van der Waals surface area contributed by atoms with Crippen LogP contribution in [0, 0.1) is 19.7 Å². The van der Waals surface area contributed by atoms with Crippen LogP contribution in [0.25, 0.3) is 11.6 Å². The minimum absolute atomic E-state index is 0.191. The molecule has 3 heterocycles. The Labute approximate surface area is 218 Å². The molecule has 1 saturated heterocycles. The van der Waals surface area contributed by atoms with Crippen molar-refractivity contribution in [3.8, 4) is 0 Å². The molecule has 3 amide bonds. The van der Waals surface area contributed by atoms with Gasteiger partial charge in [-0.2, -0.15) is 0 Å². The molecule has 1 fully saturated rings. The van der Waals surface area contributed by atoms with Gasteiger partial charge in [0.05, 0.1) is 17.7 Å². The minimum atomic E-state index is -1.30. The Bertz CT molecular complexity index is 1150. The number of aryl methyl sites for hydroxylation is 1. The van der Waals surface area contributed by atoms with Crippen LogP contribution in [0.15, 0.2) is 18.2 Å². The number of aliphatic hydroxyl groups is 1. The summed E-state index contributed by atoms with van der Waals surface area (Å²) in [6, 6.07) is 4.07. The maximum Gasteiger partial charge on any atom is 0.256 e. The van der Waals surface area contributed by atoms with Crippen molar-refractivity contribution >= 4 is 35.1 Å². The van der Waals surface area contributed by atoms with E-state index < -0.39 is 17.8 Å². The highest BCUT2D eigenvalue weighted by Crippen LogP contribution is 2.34. The summed E-state index contributed by atoms with van der Waals surface area (Å²) in [5.41, 5.74) is 3.37. The van der Waals surface area contributed by atoms with Gasteiger partial charge in [0, 0.05) is 35.7 Å². The molecule has 8 nitrogen and oxygen atoms in total. The standard InChI is InChI=1S/C23H25FN4O4.C3H8.C2H6/c1-12-18(10-16-15-9-14(24)5-6-17(15)27-21(16)30)26-13(2)20(12)22(31)25-11-19(29)23(32)28-7-3-4-8-28;1-3-2;1-2/h5-6,9-10,19,26,29H,3-4,7-8,11H2,1-2H3,(H,25,31)(H,27,30);3H2,1-2H3;1-2H3/b16-10-;;. The first kappa shape index (κ1) is 29.8. The SMILES string of the molecule is CC.CCC.Cc1[nH]c(/C=C2\C(=O)Nc3ccc(F)cc32)c(C)c1C(=O)NCC(O)C(=O)N1CCCC1. The first-order valence-electron chi connectivity index (χ1n) is 12.9. The monoisotopic (exact) mass is 514 g/mol. The van der Waals surface area contributed by atoms with E-state index in [2.05, 4.69) is 29.5 Å². The Balaban J connectivity index is 0.000000898. The highest BCUT2D eigenvalue weighted by atomic mass is 19.1. The lowest BCUT2D eigenvalue weighted by atomic mass is 10.0. The van der Waals surface area contributed by atoms with Gasteiger partial charge < -0.3 is 25.6 Å². The van der Waals surface area contributed by atoms with Gasteiger partial charge in [-0.15, -0.1) is 0 Å². The zero-order valence-corrected chi connectivity index (χ0v) is 22.6. The second kappa shape index (κ2) is 13.7. The first-order chi connectivity index (χ1) is 17.7. The van der Waals surface area contributed by atoms with Gasteiger partial charge in [-0.3, -0.25) is 14.4 Å². The first-order valence-corrected chi connectivity index (χ1v) is 12.9. The third kappa shape index (κ3) is 7.07. The van der Waals surface area contributed by atoms with Gasteiger partial charge in [-0.25, -0.2) is 4.39 Å². The molecular weight excluding hydrogens is 475 g/mol. The summed E-state index contributed by atoms with van der Waals surface area (Å²) in [7, 11) is 0. The van der Waals surface area contributed by atoms with Gasteiger partial charge in [-0.05, 0) is 56.5 Å². The van der Waals surface area contributed by atoms with Crippen molar-refractivity contribution in [2.45, 2.75) is 66.9 Å². The van der Waals surface area contributed by atoms with Crippen molar-refractivity contribution in [3.05, 3.63) is 52.1 Å². The van der Waals surface area contributed by atoms with Gasteiger partial charge >= 0.3 is 0 Å². The number of amides is 3. The number of H-pyrrole nitrogens is 1. The van der Waals surface area contributed by atoms with Crippen LogP contribution in [0.3, 0.4) is 0 Å². The number of aromatic amines is 1. The number of carbonyl (C=O) groups is 3. The van der Waals surface area contributed by atoms with Crippen molar-refractivity contribution in [1.29, 1.82) is 0 Å². The van der Waals surface area contributed by atoms with Gasteiger partial charge in [0.1, 0.15) is 11.9 Å². The number of carbonyl (C=O) groups excluding carboxylic acids is 3. The van der Waals surface area contributed by atoms with E-state index in [4.69, 9.17) is 0 Å². The molecule has 2 aromatic rings. The van der Waals surface area contributed by atoms with Gasteiger partial charge in [-0.1, -0.05) is 34.1 Å². The van der Waals surface area contributed by atoms with Crippen molar-refractivity contribution in [2.75, 3.05) is 25.0 Å². The molecule has 0 spiro atoms. The number of anilines is 1. The molecule has 0 aliphatic carbocycles. The summed E-state index contributed by atoms with van der Waals surface area (Å²) in [5, 5.41) is 15.5. The maximum absolute atomic E-state index is 13.7. The van der Waals surface area contributed by atoms with Crippen LogP contribution in [0.4, 0.5) is 10.1 Å². The third-order valence-corrected chi connectivity index (χ3v) is 5.92. The molecule has 4 N–H and O–H groups in total. The van der Waals surface area contributed by atoms with E-state index in [0.29, 0.717) is 52.4 Å². The van der Waals surface area contributed by atoms with Gasteiger partial charge in [0.25, 0.3) is 17.7 Å². The summed E-state index contributed by atoms with van der Waals surface area (Å²) in [4.78, 5) is 42.1. The number of likely N-dealkylation sites (tertiary alicyclic amines) is 1. The second-order valence-electron chi connectivity index (χ2n) is 8.83. The van der Waals surface area contributed by atoms with Gasteiger partial charge in [0.15, 0.2) is 0 Å². The lowest BCUT2D eigenvalue weighted by Crippen LogP contribution is -2.44. The summed E-state index contributed by atoms with van der Waals surface area (Å²) >= 11 is 0. The molecule has 2 aliphatic rings. The van der Waals surface area contributed by atoms with Crippen LogP contribution in [0.1, 0.15) is 79.8 Å².